The van der Waals surface area contributed by atoms with Gasteiger partial charge in [0, 0.05) is 12.6 Å². The number of Topliss-reactive ketones (excluding diaryl/α,β-unsaturated/α-hetero) is 1. The lowest BCUT2D eigenvalue weighted by Gasteiger charge is -2.04. The van der Waals surface area contributed by atoms with E-state index in [1.165, 1.54) is 6.20 Å². The predicted molar refractivity (Wildman–Crippen MR) is 65.5 cm³/mol. The van der Waals surface area contributed by atoms with Gasteiger partial charge in [0.2, 0.25) is 0 Å². The molecule has 0 atom stereocenters. The van der Waals surface area contributed by atoms with Gasteiger partial charge in [-0.3, -0.25) is 4.79 Å². The summed E-state index contributed by atoms with van der Waals surface area (Å²) in [5.41, 5.74) is 11.4. The van der Waals surface area contributed by atoms with Crippen molar-refractivity contribution < 1.29 is 4.79 Å². The summed E-state index contributed by atoms with van der Waals surface area (Å²) in [6.45, 7) is 0.662. The summed E-state index contributed by atoms with van der Waals surface area (Å²) in [6, 6.07) is 1.56. The van der Waals surface area contributed by atoms with Crippen LogP contribution in [0.3, 0.4) is 0 Å². The number of halogens is 1. The third kappa shape index (κ3) is 3.79. The molecule has 1 aromatic heterocycles. The number of carbonyl (C=O) groups is 1. The number of anilines is 1. The Bertz CT molecular complexity index is 368. The van der Waals surface area contributed by atoms with Crippen molar-refractivity contribution in [2.24, 2.45) is 5.73 Å². The van der Waals surface area contributed by atoms with Crippen LogP contribution in [0.15, 0.2) is 12.3 Å². The van der Waals surface area contributed by atoms with Gasteiger partial charge in [0.05, 0.1) is 10.6 Å². The Hall–Kier alpha value is -1.13. The Morgan fingerprint density at radius 3 is 2.81 bits per heavy atom. The Kier molecular flexibility index (Phi) is 5.22. The number of carbonyl (C=O) groups excluding carboxylic acids is 1. The molecular formula is C11H16ClN3O. The van der Waals surface area contributed by atoms with Crippen LogP contribution in [0.25, 0.3) is 0 Å². The molecule has 88 valence electrons. The molecule has 0 aliphatic heterocycles. The number of nitrogens with two attached hydrogens (primary N) is 2. The maximum Gasteiger partial charge on any atom is 0.166 e. The first kappa shape index (κ1) is 12.9. The zero-order valence-corrected chi connectivity index (χ0v) is 9.83. The minimum absolute atomic E-state index is 0.00970. The fraction of sp³-hybridized carbons (Fsp3) is 0.455. The topological polar surface area (TPSA) is 82.0 Å². The first-order valence-corrected chi connectivity index (χ1v) is 5.67. The Balaban J connectivity index is 2.55. The number of hydrogen-bond donors (Lipinski definition) is 2. The average Bonchev–Trinajstić information content (AvgIpc) is 2.27. The first-order valence-electron chi connectivity index (χ1n) is 5.29. The summed E-state index contributed by atoms with van der Waals surface area (Å²) in [5, 5.41) is 0.430. The first-order chi connectivity index (χ1) is 7.65. The Labute approximate surface area is 100.0 Å². The summed E-state index contributed by atoms with van der Waals surface area (Å²) in [5.74, 6) is 0.234. The number of aromatic nitrogens is 1. The van der Waals surface area contributed by atoms with Gasteiger partial charge in [-0.2, -0.15) is 0 Å². The van der Waals surface area contributed by atoms with Crippen LogP contribution in [-0.2, 0) is 0 Å². The average molecular weight is 242 g/mol. The van der Waals surface area contributed by atoms with E-state index in [0.717, 1.165) is 19.3 Å². The van der Waals surface area contributed by atoms with E-state index in [1.54, 1.807) is 6.07 Å². The number of rotatable bonds is 6. The van der Waals surface area contributed by atoms with Crippen molar-refractivity contribution in [3.63, 3.8) is 0 Å². The zero-order valence-electron chi connectivity index (χ0n) is 9.08. The van der Waals surface area contributed by atoms with Crippen LogP contribution in [0.5, 0.6) is 0 Å². The van der Waals surface area contributed by atoms with E-state index in [0.29, 0.717) is 23.6 Å². The van der Waals surface area contributed by atoms with Crippen molar-refractivity contribution in [1.82, 2.24) is 4.98 Å². The molecule has 0 radical (unpaired) electrons. The fourth-order valence-corrected chi connectivity index (χ4v) is 1.57. The molecule has 4 nitrogen and oxygen atoms in total. The number of nitrogen functional groups attached to an aromatic ring is 1. The highest BCUT2D eigenvalue weighted by molar-refractivity contribution is 6.31. The van der Waals surface area contributed by atoms with E-state index in [4.69, 9.17) is 23.1 Å². The number of hydrogen-bond acceptors (Lipinski definition) is 4. The number of ketones is 1. The molecule has 0 fully saturated rings. The summed E-state index contributed by atoms with van der Waals surface area (Å²) in [7, 11) is 0. The highest BCUT2D eigenvalue weighted by Gasteiger charge is 2.10. The van der Waals surface area contributed by atoms with E-state index in [1.807, 2.05) is 0 Å². The van der Waals surface area contributed by atoms with Gasteiger partial charge in [-0.15, -0.1) is 0 Å². The third-order valence-corrected chi connectivity index (χ3v) is 2.50. The largest absolute Gasteiger partial charge is 0.383 e. The van der Waals surface area contributed by atoms with Crippen LogP contribution >= 0.6 is 11.6 Å². The summed E-state index contributed by atoms with van der Waals surface area (Å²) in [6.07, 6.45) is 4.61. The molecule has 0 aliphatic rings. The highest BCUT2D eigenvalue weighted by atomic mass is 35.5. The van der Waals surface area contributed by atoms with E-state index in [-0.39, 0.29) is 11.6 Å². The molecule has 0 aromatic carbocycles. The minimum atomic E-state index is -0.00970. The number of nitrogens with zero attached hydrogens (tertiary/aromatic N) is 1. The molecule has 0 amide bonds. The van der Waals surface area contributed by atoms with Crippen LogP contribution in [0.4, 0.5) is 5.82 Å². The monoisotopic (exact) mass is 241 g/mol. The molecule has 0 saturated heterocycles. The molecule has 1 rings (SSSR count). The zero-order chi connectivity index (χ0) is 12.0. The van der Waals surface area contributed by atoms with Crippen molar-refractivity contribution in [1.29, 1.82) is 0 Å². The van der Waals surface area contributed by atoms with Gasteiger partial charge >= 0.3 is 0 Å². The SMILES string of the molecule is NCCCCCC(=O)c1cc(Cl)cnc1N. The minimum Gasteiger partial charge on any atom is -0.383 e. The summed E-state index contributed by atoms with van der Waals surface area (Å²) >= 11 is 5.76. The van der Waals surface area contributed by atoms with Gasteiger partial charge in [-0.1, -0.05) is 18.0 Å². The second-order valence-corrected chi connectivity index (χ2v) is 4.05. The van der Waals surface area contributed by atoms with Crippen molar-refractivity contribution >= 4 is 23.2 Å². The van der Waals surface area contributed by atoms with Crippen LogP contribution < -0.4 is 11.5 Å². The van der Waals surface area contributed by atoms with Crippen molar-refractivity contribution in [3.05, 3.63) is 22.8 Å². The quantitative estimate of drug-likeness (QED) is 0.590. The maximum absolute atomic E-state index is 11.8. The molecule has 1 aromatic rings. The molecule has 0 saturated carbocycles. The van der Waals surface area contributed by atoms with Crippen molar-refractivity contribution in [2.75, 3.05) is 12.3 Å². The lowest BCUT2D eigenvalue weighted by atomic mass is 10.1. The second kappa shape index (κ2) is 6.45. The molecule has 1 heterocycles. The molecule has 0 bridgehead atoms. The van der Waals surface area contributed by atoms with E-state index >= 15 is 0 Å². The third-order valence-electron chi connectivity index (χ3n) is 2.29. The number of unbranched alkanes of at least 4 members (excludes halogenated alkanes) is 2. The lowest BCUT2D eigenvalue weighted by Crippen LogP contribution is -2.06. The maximum atomic E-state index is 11.8. The normalized spacial score (nSPS) is 10.4. The molecular weight excluding hydrogens is 226 g/mol. The smallest absolute Gasteiger partial charge is 0.166 e. The molecule has 0 aliphatic carbocycles. The van der Waals surface area contributed by atoms with Gasteiger partial charge in [0.25, 0.3) is 0 Å². The fourth-order valence-electron chi connectivity index (χ4n) is 1.41. The van der Waals surface area contributed by atoms with Gasteiger partial charge < -0.3 is 11.5 Å². The van der Waals surface area contributed by atoms with Crippen LogP contribution in [-0.4, -0.2) is 17.3 Å². The predicted octanol–water partition coefficient (Wildman–Crippen LogP) is 2.02. The van der Waals surface area contributed by atoms with Crippen molar-refractivity contribution in [3.8, 4) is 0 Å². The molecule has 0 unspecified atom stereocenters. The van der Waals surface area contributed by atoms with Crippen molar-refractivity contribution in [2.45, 2.75) is 25.7 Å². The van der Waals surface area contributed by atoms with Crippen LogP contribution in [0, 0.1) is 0 Å². The molecule has 0 spiro atoms. The Morgan fingerprint density at radius 2 is 2.12 bits per heavy atom. The van der Waals surface area contributed by atoms with Gasteiger partial charge in [0.15, 0.2) is 5.78 Å². The molecule has 4 N–H and O–H groups in total. The lowest BCUT2D eigenvalue weighted by molar-refractivity contribution is 0.0980. The van der Waals surface area contributed by atoms with E-state index in [2.05, 4.69) is 4.98 Å². The number of pyridine rings is 1. The van der Waals surface area contributed by atoms with Gasteiger partial charge in [0.1, 0.15) is 5.82 Å². The summed E-state index contributed by atoms with van der Waals surface area (Å²) < 4.78 is 0. The van der Waals surface area contributed by atoms with Gasteiger partial charge in [-0.05, 0) is 25.5 Å². The van der Waals surface area contributed by atoms with E-state index in [9.17, 15) is 4.79 Å². The van der Waals surface area contributed by atoms with E-state index < -0.39 is 0 Å². The summed E-state index contributed by atoms with van der Waals surface area (Å²) in [4.78, 5) is 15.6. The Morgan fingerprint density at radius 1 is 1.38 bits per heavy atom. The molecule has 5 heteroatoms. The van der Waals surface area contributed by atoms with Crippen LogP contribution in [0.1, 0.15) is 36.0 Å². The standard InChI is InChI=1S/C11H16ClN3O/c12-8-6-9(11(14)15-7-8)10(16)4-2-1-3-5-13/h6-7H,1-5,13H2,(H2,14,15). The van der Waals surface area contributed by atoms with Crippen LogP contribution in [0.2, 0.25) is 5.02 Å². The second-order valence-electron chi connectivity index (χ2n) is 3.61. The highest BCUT2D eigenvalue weighted by Crippen LogP contribution is 2.17. The molecule has 16 heavy (non-hydrogen) atoms. The van der Waals surface area contributed by atoms with Gasteiger partial charge in [-0.25, -0.2) is 4.98 Å².